The molecule has 1 saturated heterocycles. The first-order valence-electron chi connectivity index (χ1n) is 14.0. The average Bonchev–Trinajstić information content (AvgIpc) is 3.38. The highest BCUT2D eigenvalue weighted by Crippen LogP contribution is 2.36. The summed E-state index contributed by atoms with van der Waals surface area (Å²) in [5.41, 5.74) is 6.73. The van der Waals surface area contributed by atoms with Crippen molar-refractivity contribution in [2.24, 2.45) is 0 Å². The number of anilines is 1. The minimum atomic E-state index is -0.0852. The highest BCUT2D eigenvalue weighted by atomic mass is 16.2. The third-order valence-electron chi connectivity index (χ3n) is 8.83. The smallest absolute Gasteiger partial charge is 0.253 e. The molecule has 3 aromatic rings. The molecule has 1 aromatic heterocycles. The van der Waals surface area contributed by atoms with Crippen molar-refractivity contribution >= 4 is 17.5 Å². The molecule has 3 aliphatic rings. The van der Waals surface area contributed by atoms with Crippen molar-refractivity contribution in [3.8, 4) is 0 Å². The number of amides is 2. The van der Waals surface area contributed by atoms with Gasteiger partial charge in [-0.15, -0.1) is 0 Å². The SMILES string of the molecule is CN(C(=O)c1ccc2c(c1)[C@H](NC(=O)[C@H]1CCCc3ccccc31)CC2)C1CCN(c2ccncc2)CC1. The number of carbonyl (C=O) groups excluding carboxylic acids is 2. The van der Waals surface area contributed by atoms with Crippen LogP contribution in [0.3, 0.4) is 0 Å². The molecule has 1 aliphatic heterocycles. The summed E-state index contributed by atoms with van der Waals surface area (Å²) in [5.74, 6) is 0.0936. The fourth-order valence-electron chi connectivity index (χ4n) is 6.62. The van der Waals surface area contributed by atoms with E-state index in [1.165, 1.54) is 22.4 Å². The molecule has 1 N–H and O–H groups in total. The molecule has 0 radical (unpaired) electrons. The van der Waals surface area contributed by atoms with Crippen LogP contribution in [-0.2, 0) is 17.6 Å². The highest BCUT2D eigenvalue weighted by molar-refractivity contribution is 5.94. The molecule has 2 heterocycles. The van der Waals surface area contributed by atoms with E-state index >= 15 is 0 Å². The molecule has 0 saturated carbocycles. The van der Waals surface area contributed by atoms with Crippen molar-refractivity contribution in [2.75, 3.05) is 25.0 Å². The van der Waals surface area contributed by atoms with Gasteiger partial charge in [-0.1, -0.05) is 30.3 Å². The Hall–Kier alpha value is -3.67. The van der Waals surface area contributed by atoms with E-state index in [0.717, 1.165) is 63.6 Å². The molecule has 2 amide bonds. The second-order valence-electron chi connectivity index (χ2n) is 11.0. The second-order valence-corrected chi connectivity index (χ2v) is 11.0. The maximum absolute atomic E-state index is 13.5. The van der Waals surface area contributed by atoms with Gasteiger partial charge in [-0.2, -0.15) is 0 Å². The van der Waals surface area contributed by atoms with E-state index in [1.807, 2.05) is 54.7 Å². The molecule has 0 bridgehead atoms. The largest absolute Gasteiger partial charge is 0.371 e. The van der Waals surface area contributed by atoms with E-state index in [0.29, 0.717) is 5.56 Å². The van der Waals surface area contributed by atoms with E-state index in [2.05, 4.69) is 39.5 Å². The zero-order chi connectivity index (χ0) is 26.1. The Morgan fingerprint density at radius 2 is 1.66 bits per heavy atom. The van der Waals surface area contributed by atoms with Crippen LogP contribution in [0.4, 0.5) is 5.69 Å². The lowest BCUT2D eigenvalue weighted by Gasteiger charge is -2.38. The van der Waals surface area contributed by atoms with Gasteiger partial charge >= 0.3 is 0 Å². The number of nitrogens with one attached hydrogen (secondary N) is 1. The number of piperidine rings is 1. The van der Waals surface area contributed by atoms with E-state index in [1.54, 1.807) is 0 Å². The summed E-state index contributed by atoms with van der Waals surface area (Å²) in [6.45, 7) is 1.85. The van der Waals surface area contributed by atoms with Gasteiger partial charge < -0.3 is 15.1 Å². The lowest BCUT2D eigenvalue weighted by molar-refractivity contribution is -0.123. The van der Waals surface area contributed by atoms with Gasteiger partial charge in [0.15, 0.2) is 0 Å². The Bertz CT molecular complexity index is 1320. The highest BCUT2D eigenvalue weighted by Gasteiger charge is 2.32. The van der Waals surface area contributed by atoms with Crippen LogP contribution < -0.4 is 10.2 Å². The van der Waals surface area contributed by atoms with Crippen molar-refractivity contribution in [1.29, 1.82) is 0 Å². The van der Waals surface area contributed by atoms with Crippen molar-refractivity contribution in [3.05, 3.63) is 94.8 Å². The average molecular weight is 509 g/mol. The van der Waals surface area contributed by atoms with Crippen LogP contribution >= 0.6 is 0 Å². The quantitative estimate of drug-likeness (QED) is 0.524. The topological polar surface area (TPSA) is 65.5 Å². The first kappa shape index (κ1) is 24.7. The number of hydrogen-bond acceptors (Lipinski definition) is 4. The van der Waals surface area contributed by atoms with E-state index in [9.17, 15) is 9.59 Å². The third-order valence-corrected chi connectivity index (χ3v) is 8.83. The summed E-state index contributed by atoms with van der Waals surface area (Å²) < 4.78 is 0. The van der Waals surface area contributed by atoms with E-state index < -0.39 is 0 Å². The van der Waals surface area contributed by atoms with Crippen LogP contribution in [0.2, 0.25) is 0 Å². The van der Waals surface area contributed by atoms with Crippen molar-refractivity contribution in [2.45, 2.75) is 62.9 Å². The maximum atomic E-state index is 13.5. The number of carbonyl (C=O) groups is 2. The number of pyridine rings is 1. The van der Waals surface area contributed by atoms with Crippen LogP contribution in [-0.4, -0.2) is 47.9 Å². The Kier molecular flexibility index (Phi) is 6.88. The van der Waals surface area contributed by atoms with Gasteiger partial charge in [0, 0.05) is 49.8 Å². The number of aryl methyl sites for hydroxylation is 2. The molecule has 2 aromatic carbocycles. The van der Waals surface area contributed by atoms with Gasteiger partial charge in [0.25, 0.3) is 5.91 Å². The Balaban J connectivity index is 1.12. The Morgan fingerprint density at radius 3 is 2.47 bits per heavy atom. The molecule has 0 spiro atoms. The van der Waals surface area contributed by atoms with Gasteiger partial charge in [0.2, 0.25) is 5.91 Å². The molecular weight excluding hydrogens is 472 g/mol. The van der Waals surface area contributed by atoms with Crippen molar-refractivity contribution < 1.29 is 9.59 Å². The van der Waals surface area contributed by atoms with Crippen LogP contribution in [0.25, 0.3) is 0 Å². The first-order valence-corrected chi connectivity index (χ1v) is 14.0. The summed E-state index contributed by atoms with van der Waals surface area (Å²) in [5, 5.41) is 3.35. The van der Waals surface area contributed by atoms with Crippen molar-refractivity contribution in [1.82, 2.24) is 15.2 Å². The molecule has 38 heavy (non-hydrogen) atoms. The number of aromatic nitrogens is 1. The van der Waals surface area contributed by atoms with Gasteiger partial charge in [0.05, 0.1) is 12.0 Å². The monoisotopic (exact) mass is 508 g/mol. The lowest BCUT2D eigenvalue weighted by atomic mass is 9.82. The second kappa shape index (κ2) is 10.6. The number of rotatable bonds is 5. The Labute approximate surface area is 225 Å². The molecule has 0 unspecified atom stereocenters. The van der Waals surface area contributed by atoms with Crippen LogP contribution in [0.1, 0.15) is 76.7 Å². The standard InChI is InChI=1S/C32H36N4O2/c1-35(25-15-19-36(20-16-25)26-13-17-33-18-14-26)32(38)24-10-9-23-11-12-30(29(23)21-24)34-31(37)28-8-4-6-22-5-2-3-7-27(22)28/h2-3,5,7,9-10,13-14,17-18,21,25,28,30H,4,6,8,11-12,15-16,19-20H2,1H3,(H,34,37)/t28-,30+/m0/s1. The number of nitrogens with zero attached hydrogens (tertiary/aromatic N) is 3. The summed E-state index contributed by atoms with van der Waals surface area (Å²) in [7, 11) is 1.93. The van der Waals surface area contributed by atoms with E-state index in [4.69, 9.17) is 0 Å². The van der Waals surface area contributed by atoms with E-state index in [-0.39, 0.29) is 29.8 Å². The fourth-order valence-corrected chi connectivity index (χ4v) is 6.62. The van der Waals surface area contributed by atoms with Gasteiger partial charge in [-0.3, -0.25) is 14.6 Å². The molecule has 196 valence electrons. The molecule has 2 atom stereocenters. The molecule has 6 nitrogen and oxygen atoms in total. The minimum absolute atomic E-state index is 0.0340. The summed E-state index contributed by atoms with van der Waals surface area (Å²) in [4.78, 5) is 35.3. The van der Waals surface area contributed by atoms with Crippen LogP contribution in [0.5, 0.6) is 0 Å². The third kappa shape index (κ3) is 4.80. The maximum Gasteiger partial charge on any atom is 0.253 e. The first-order chi connectivity index (χ1) is 18.6. The zero-order valence-corrected chi connectivity index (χ0v) is 22.1. The van der Waals surface area contributed by atoms with Gasteiger partial charge in [-0.05, 0) is 91.5 Å². The molecular formula is C32H36N4O2. The zero-order valence-electron chi connectivity index (χ0n) is 22.1. The molecule has 2 aliphatic carbocycles. The normalized spacial score (nSPS) is 20.9. The molecule has 6 heteroatoms. The molecule has 1 fully saturated rings. The predicted molar refractivity (Wildman–Crippen MR) is 149 cm³/mol. The fraction of sp³-hybridized carbons (Fsp3) is 0.406. The Morgan fingerprint density at radius 1 is 0.895 bits per heavy atom. The van der Waals surface area contributed by atoms with Gasteiger partial charge in [0.1, 0.15) is 0 Å². The van der Waals surface area contributed by atoms with Crippen LogP contribution in [0, 0.1) is 0 Å². The van der Waals surface area contributed by atoms with Crippen molar-refractivity contribution in [3.63, 3.8) is 0 Å². The predicted octanol–water partition coefficient (Wildman–Crippen LogP) is 5.05. The number of hydrogen-bond donors (Lipinski definition) is 1. The lowest BCUT2D eigenvalue weighted by Crippen LogP contribution is -2.45. The summed E-state index contributed by atoms with van der Waals surface area (Å²) >= 11 is 0. The number of fused-ring (bicyclic) bond motifs is 2. The number of benzene rings is 2. The summed E-state index contributed by atoms with van der Waals surface area (Å²) in [6, 6.07) is 18.7. The minimum Gasteiger partial charge on any atom is -0.371 e. The van der Waals surface area contributed by atoms with Gasteiger partial charge in [-0.25, -0.2) is 0 Å². The molecule has 6 rings (SSSR count). The van der Waals surface area contributed by atoms with Crippen LogP contribution in [0.15, 0.2) is 67.0 Å². The summed E-state index contributed by atoms with van der Waals surface area (Å²) in [6.07, 6.45) is 10.3.